The normalized spacial score (nSPS) is 16.8. The van der Waals surface area contributed by atoms with Crippen molar-refractivity contribution in [3.63, 3.8) is 0 Å². The molecule has 3 heterocycles. The maximum atomic E-state index is 12.8. The summed E-state index contributed by atoms with van der Waals surface area (Å²) in [5.74, 6) is 0.431. The zero-order valence-corrected chi connectivity index (χ0v) is 12.9. The Labute approximate surface area is 136 Å². The molecule has 0 aromatic carbocycles. The van der Waals surface area contributed by atoms with E-state index in [1.54, 1.807) is 0 Å². The maximum Gasteiger partial charge on any atom is 0.319 e. The Morgan fingerprint density at radius 1 is 1.21 bits per heavy atom. The van der Waals surface area contributed by atoms with Gasteiger partial charge < -0.3 is 9.52 Å². The number of hydrogen-bond acceptors (Lipinski definition) is 6. The van der Waals surface area contributed by atoms with Crippen molar-refractivity contribution in [2.45, 2.75) is 19.6 Å². The summed E-state index contributed by atoms with van der Waals surface area (Å²) >= 11 is 0. The van der Waals surface area contributed by atoms with Crippen LogP contribution in [0.3, 0.4) is 0 Å². The van der Waals surface area contributed by atoms with Gasteiger partial charge in [-0.15, -0.1) is 0 Å². The first kappa shape index (κ1) is 16.6. The van der Waals surface area contributed by atoms with Crippen molar-refractivity contribution in [2.75, 3.05) is 26.2 Å². The van der Waals surface area contributed by atoms with Crippen LogP contribution in [0, 0.1) is 0 Å². The Morgan fingerprint density at radius 2 is 1.88 bits per heavy atom. The first-order chi connectivity index (χ1) is 11.5. The van der Waals surface area contributed by atoms with Gasteiger partial charge in [0, 0.05) is 44.6 Å². The van der Waals surface area contributed by atoms with Crippen LogP contribution in [-0.2, 0) is 13.1 Å². The molecule has 0 saturated carbocycles. The quantitative estimate of drug-likeness (QED) is 0.883. The number of aromatic nitrogens is 2. The van der Waals surface area contributed by atoms with Gasteiger partial charge in [0.25, 0.3) is 0 Å². The summed E-state index contributed by atoms with van der Waals surface area (Å²) in [6, 6.07) is 1.28. The summed E-state index contributed by atoms with van der Waals surface area (Å²) in [4.78, 5) is 19.5. The molecule has 7 nitrogen and oxygen atoms in total. The lowest BCUT2D eigenvalue weighted by molar-refractivity contribution is 0.0599. The SMILES string of the molecule is O=c1cc(CN2CCN(Cc3nccn3C(F)F)CC2)occ1O. The van der Waals surface area contributed by atoms with Crippen LogP contribution < -0.4 is 5.43 Å². The molecule has 0 spiro atoms. The zero-order chi connectivity index (χ0) is 17.1. The van der Waals surface area contributed by atoms with E-state index in [0.717, 1.165) is 23.9 Å². The van der Waals surface area contributed by atoms with Crippen molar-refractivity contribution >= 4 is 0 Å². The van der Waals surface area contributed by atoms with E-state index in [1.807, 2.05) is 0 Å². The van der Waals surface area contributed by atoms with Crippen LogP contribution in [-0.4, -0.2) is 50.6 Å². The van der Waals surface area contributed by atoms with Crippen molar-refractivity contribution in [3.05, 3.63) is 46.5 Å². The van der Waals surface area contributed by atoms with Gasteiger partial charge in [0.15, 0.2) is 5.75 Å². The highest BCUT2D eigenvalue weighted by atomic mass is 19.3. The minimum absolute atomic E-state index is 0.350. The second-order valence-electron chi connectivity index (χ2n) is 5.68. The molecule has 0 atom stereocenters. The fourth-order valence-corrected chi connectivity index (χ4v) is 2.70. The number of aromatic hydroxyl groups is 1. The average molecular weight is 340 g/mol. The molecule has 2 aromatic rings. The predicted molar refractivity (Wildman–Crippen MR) is 80.7 cm³/mol. The van der Waals surface area contributed by atoms with Gasteiger partial charge >= 0.3 is 6.55 Å². The minimum Gasteiger partial charge on any atom is -0.502 e. The highest BCUT2D eigenvalue weighted by Crippen LogP contribution is 2.15. The van der Waals surface area contributed by atoms with Crippen LogP contribution in [0.2, 0.25) is 0 Å². The molecule has 3 rings (SSSR count). The van der Waals surface area contributed by atoms with Crippen molar-refractivity contribution in [1.82, 2.24) is 19.4 Å². The molecule has 2 aromatic heterocycles. The maximum absolute atomic E-state index is 12.8. The lowest BCUT2D eigenvalue weighted by Crippen LogP contribution is -2.45. The number of halogens is 2. The van der Waals surface area contributed by atoms with Gasteiger partial charge in [0.1, 0.15) is 17.8 Å². The largest absolute Gasteiger partial charge is 0.502 e. The topological polar surface area (TPSA) is 74.7 Å². The third-order valence-corrected chi connectivity index (χ3v) is 4.03. The standard InChI is InChI=1S/C15H18F2N4O3/c16-15(17)21-2-1-18-14(21)9-20-5-3-19(4-6-20)8-11-7-12(22)13(23)10-24-11/h1-2,7,10,15,23H,3-6,8-9H2. The smallest absolute Gasteiger partial charge is 0.319 e. The summed E-state index contributed by atoms with van der Waals surface area (Å²) in [5.41, 5.74) is -0.464. The molecule has 0 bridgehead atoms. The van der Waals surface area contributed by atoms with Gasteiger partial charge in [-0.05, 0) is 0 Å². The summed E-state index contributed by atoms with van der Waals surface area (Å²) in [7, 11) is 0. The van der Waals surface area contributed by atoms with E-state index in [0.29, 0.717) is 37.8 Å². The summed E-state index contributed by atoms with van der Waals surface area (Å²) in [5, 5.41) is 9.18. The molecule has 0 aliphatic carbocycles. The van der Waals surface area contributed by atoms with Gasteiger partial charge in [-0.3, -0.25) is 19.2 Å². The Bertz CT molecular complexity index is 738. The third-order valence-electron chi connectivity index (χ3n) is 4.03. The second kappa shape index (κ2) is 7.10. The molecule has 1 N–H and O–H groups in total. The van der Waals surface area contributed by atoms with Gasteiger partial charge in [-0.2, -0.15) is 8.78 Å². The molecular weight excluding hydrogens is 322 g/mol. The van der Waals surface area contributed by atoms with E-state index in [2.05, 4.69) is 14.8 Å². The number of rotatable bonds is 5. The third kappa shape index (κ3) is 3.80. The fraction of sp³-hybridized carbons (Fsp3) is 0.467. The Morgan fingerprint density at radius 3 is 2.50 bits per heavy atom. The highest BCUT2D eigenvalue weighted by Gasteiger charge is 2.20. The molecular formula is C15H18F2N4O3. The van der Waals surface area contributed by atoms with Crippen LogP contribution in [0.15, 0.2) is 33.9 Å². The van der Waals surface area contributed by atoms with E-state index in [9.17, 15) is 18.7 Å². The van der Waals surface area contributed by atoms with Gasteiger partial charge in [-0.25, -0.2) is 4.98 Å². The van der Waals surface area contributed by atoms with Crippen molar-refractivity contribution in [3.8, 4) is 5.75 Å². The Balaban J connectivity index is 1.53. The molecule has 1 aliphatic heterocycles. The molecule has 1 fully saturated rings. The van der Waals surface area contributed by atoms with E-state index in [1.165, 1.54) is 18.5 Å². The lowest BCUT2D eigenvalue weighted by atomic mass is 10.2. The van der Waals surface area contributed by atoms with Crippen LogP contribution >= 0.6 is 0 Å². The molecule has 130 valence electrons. The molecule has 0 amide bonds. The predicted octanol–water partition coefficient (Wildman–Crippen LogP) is 1.25. The first-order valence-electron chi connectivity index (χ1n) is 7.58. The second-order valence-corrected chi connectivity index (χ2v) is 5.68. The molecule has 0 unspecified atom stereocenters. The Kier molecular flexibility index (Phi) is 4.91. The molecule has 1 saturated heterocycles. The number of hydrogen-bond donors (Lipinski definition) is 1. The van der Waals surface area contributed by atoms with Crippen molar-refractivity contribution in [2.24, 2.45) is 0 Å². The summed E-state index contributed by atoms with van der Waals surface area (Å²) in [6.45, 7) is 1.12. The summed E-state index contributed by atoms with van der Waals surface area (Å²) in [6.07, 6.45) is 3.70. The number of alkyl halides is 2. The van der Waals surface area contributed by atoms with Crippen LogP contribution in [0.5, 0.6) is 5.75 Å². The van der Waals surface area contributed by atoms with Gasteiger partial charge in [-0.1, -0.05) is 0 Å². The van der Waals surface area contributed by atoms with E-state index in [4.69, 9.17) is 4.42 Å². The highest BCUT2D eigenvalue weighted by molar-refractivity contribution is 5.15. The minimum atomic E-state index is -2.58. The first-order valence-corrected chi connectivity index (χ1v) is 7.58. The number of imidazole rings is 1. The average Bonchev–Trinajstić information content (AvgIpc) is 3.01. The molecule has 9 heteroatoms. The number of piperazine rings is 1. The zero-order valence-electron chi connectivity index (χ0n) is 12.9. The van der Waals surface area contributed by atoms with Gasteiger partial charge in [0.05, 0.1) is 13.1 Å². The number of nitrogens with zero attached hydrogens (tertiary/aromatic N) is 4. The Hall–Kier alpha value is -2.26. The van der Waals surface area contributed by atoms with Crippen molar-refractivity contribution < 1.29 is 18.3 Å². The van der Waals surface area contributed by atoms with Crippen LogP contribution in [0.1, 0.15) is 18.1 Å². The molecule has 0 radical (unpaired) electrons. The monoisotopic (exact) mass is 340 g/mol. The van der Waals surface area contributed by atoms with E-state index < -0.39 is 17.7 Å². The van der Waals surface area contributed by atoms with E-state index in [-0.39, 0.29) is 0 Å². The van der Waals surface area contributed by atoms with Crippen LogP contribution in [0.25, 0.3) is 0 Å². The molecule has 1 aliphatic rings. The van der Waals surface area contributed by atoms with Crippen molar-refractivity contribution in [1.29, 1.82) is 0 Å². The molecule has 24 heavy (non-hydrogen) atoms. The summed E-state index contributed by atoms with van der Waals surface area (Å²) < 4.78 is 31.7. The lowest BCUT2D eigenvalue weighted by Gasteiger charge is -2.34. The van der Waals surface area contributed by atoms with Crippen LogP contribution in [0.4, 0.5) is 8.78 Å². The van der Waals surface area contributed by atoms with Gasteiger partial charge in [0.2, 0.25) is 5.43 Å². The van der Waals surface area contributed by atoms with E-state index >= 15 is 0 Å². The fourth-order valence-electron chi connectivity index (χ4n) is 2.70.